The van der Waals surface area contributed by atoms with Crippen LogP contribution in [0.15, 0.2) is 60.1 Å². The van der Waals surface area contributed by atoms with E-state index in [4.69, 9.17) is 19.2 Å². The summed E-state index contributed by atoms with van der Waals surface area (Å²) in [6.07, 6.45) is 9.19. The Balaban J connectivity index is 1.46. The Labute approximate surface area is 168 Å². The highest BCUT2D eigenvalue weighted by atomic mass is 16.5. The molecule has 2 aliphatic heterocycles. The molecule has 6 rings (SSSR count). The molecule has 1 aromatic heterocycles. The molecule has 144 valence electrons. The largest absolute Gasteiger partial charge is 0.493 e. The molecule has 29 heavy (non-hydrogen) atoms. The zero-order valence-electron chi connectivity index (χ0n) is 15.7. The van der Waals surface area contributed by atoms with Gasteiger partial charge in [-0.15, -0.1) is 0 Å². The third-order valence-corrected chi connectivity index (χ3v) is 5.76. The van der Waals surface area contributed by atoms with Crippen LogP contribution in [0.25, 0.3) is 11.1 Å². The number of aromatic nitrogens is 2. The Morgan fingerprint density at radius 1 is 0.966 bits per heavy atom. The fourth-order valence-corrected chi connectivity index (χ4v) is 3.96. The quantitative estimate of drug-likeness (QED) is 0.668. The Hall–Kier alpha value is -3.41. The van der Waals surface area contributed by atoms with Crippen molar-refractivity contribution in [3.63, 3.8) is 0 Å². The van der Waals surface area contributed by atoms with E-state index in [9.17, 15) is 0 Å². The summed E-state index contributed by atoms with van der Waals surface area (Å²) in [5.41, 5.74) is 3.25. The van der Waals surface area contributed by atoms with E-state index in [-0.39, 0.29) is 0 Å². The van der Waals surface area contributed by atoms with Crippen molar-refractivity contribution in [2.45, 2.75) is 18.4 Å². The first kappa shape index (κ1) is 16.5. The van der Waals surface area contributed by atoms with Crippen molar-refractivity contribution in [3.05, 3.63) is 66.2 Å². The number of nitrogens with zero attached hydrogens (tertiary/aromatic N) is 3. The van der Waals surface area contributed by atoms with E-state index in [2.05, 4.69) is 16.0 Å². The number of fused-ring (bicyclic) bond motifs is 4. The SMILES string of the molecule is C1=N[C@]2(CO1)c1cc(OCC3CC3)ccc1Oc1ccc(-c3cncnc3)cc12. The van der Waals surface area contributed by atoms with Crippen molar-refractivity contribution in [2.75, 3.05) is 13.2 Å². The average Bonchev–Trinajstić information content (AvgIpc) is 3.48. The zero-order valence-corrected chi connectivity index (χ0v) is 15.7. The Kier molecular flexibility index (Phi) is 3.59. The molecular formula is C23H19N3O3. The summed E-state index contributed by atoms with van der Waals surface area (Å²) in [7, 11) is 0. The minimum absolute atomic E-state index is 0.428. The van der Waals surface area contributed by atoms with Crippen LogP contribution >= 0.6 is 0 Å². The maximum absolute atomic E-state index is 6.23. The molecule has 1 saturated carbocycles. The molecule has 0 radical (unpaired) electrons. The van der Waals surface area contributed by atoms with E-state index in [0.29, 0.717) is 12.5 Å². The van der Waals surface area contributed by atoms with Gasteiger partial charge in [-0.1, -0.05) is 6.07 Å². The maximum atomic E-state index is 6.23. The minimum atomic E-state index is -0.645. The van der Waals surface area contributed by atoms with Crippen molar-refractivity contribution in [1.29, 1.82) is 0 Å². The monoisotopic (exact) mass is 385 g/mol. The first-order valence-electron chi connectivity index (χ1n) is 9.82. The highest BCUT2D eigenvalue weighted by Crippen LogP contribution is 2.52. The summed E-state index contributed by atoms with van der Waals surface area (Å²) in [6.45, 7) is 1.19. The highest BCUT2D eigenvalue weighted by molar-refractivity contribution is 5.70. The van der Waals surface area contributed by atoms with Crippen LogP contribution in [-0.2, 0) is 10.3 Å². The molecule has 3 aromatic rings. The third kappa shape index (κ3) is 2.75. The third-order valence-electron chi connectivity index (χ3n) is 5.76. The molecular weight excluding hydrogens is 366 g/mol. The van der Waals surface area contributed by atoms with Gasteiger partial charge in [0.05, 0.1) is 6.61 Å². The summed E-state index contributed by atoms with van der Waals surface area (Å²) in [4.78, 5) is 13.1. The number of hydrogen-bond acceptors (Lipinski definition) is 6. The van der Waals surface area contributed by atoms with E-state index in [0.717, 1.165) is 46.1 Å². The van der Waals surface area contributed by atoms with Gasteiger partial charge in [-0.3, -0.25) is 0 Å². The molecule has 0 N–H and O–H groups in total. The first-order chi connectivity index (χ1) is 14.3. The van der Waals surface area contributed by atoms with Crippen LogP contribution in [0.4, 0.5) is 0 Å². The smallest absolute Gasteiger partial charge is 0.170 e. The molecule has 1 atom stereocenters. The minimum Gasteiger partial charge on any atom is -0.493 e. The number of rotatable bonds is 4. The average molecular weight is 385 g/mol. The van der Waals surface area contributed by atoms with Crippen LogP contribution in [0.5, 0.6) is 17.2 Å². The lowest BCUT2D eigenvalue weighted by Gasteiger charge is -2.34. The number of benzene rings is 2. The summed E-state index contributed by atoms with van der Waals surface area (Å²) in [5.74, 6) is 3.11. The lowest BCUT2D eigenvalue weighted by atomic mass is 9.80. The topological polar surface area (TPSA) is 65.8 Å². The van der Waals surface area contributed by atoms with E-state index in [1.807, 2.05) is 30.3 Å². The first-order valence-corrected chi connectivity index (χ1v) is 9.82. The van der Waals surface area contributed by atoms with Gasteiger partial charge < -0.3 is 14.2 Å². The summed E-state index contributed by atoms with van der Waals surface area (Å²) < 4.78 is 17.9. The van der Waals surface area contributed by atoms with Crippen molar-refractivity contribution >= 4 is 6.40 Å². The maximum Gasteiger partial charge on any atom is 0.170 e. The molecule has 0 bridgehead atoms. The van der Waals surface area contributed by atoms with Crippen LogP contribution in [-0.4, -0.2) is 29.6 Å². The second-order valence-corrected chi connectivity index (χ2v) is 7.76. The van der Waals surface area contributed by atoms with Crippen LogP contribution in [0.3, 0.4) is 0 Å². The van der Waals surface area contributed by atoms with Crippen LogP contribution in [0.2, 0.25) is 0 Å². The second-order valence-electron chi connectivity index (χ2n) is 7.76. The van der Waals surface area contributed by atoms with Gasteiger partial charge in [0, 0.05) is 29.1 Å². The van der Waals surface area contributed by atoms with Gasteiger partial charge >= 0.3 is 0 Å². The Bertz CT molecular complexity index is 1110. The standard InChI is InChI=1S/C23H19N3O3/c1-2-15(1)11-28-18-4-6-22-20(8-18)23(12-27-14-26-23)19-7-16(3-5-21(19)29-22)17-9-24-13-25-10-17/h3-10,13-15H,1-2,11-12H2/t23-/m0/s1. The molecule has 1 aliphatic carbocycles. The molecule has 2 aromatic carbocycles. The molecule has 3 heterocycles. The molecule has 0 amide bonds. The molecule has 1 fully saturated rings. The molecule has 6 heteroatoms. The van der Waals surface area contributed by atoms with Crippen LogP contribution in [0.1, 0.15) is 24.0 Å². The summed E-state index contributed by atoms with van der Waals surface area (Å²) in [5, 5.41) is 0. The van der Waals surface area contributed by atoms with E-state index in [1.54, 1.807) is 12.4 Å². The van der Waals surface area contributed by atoms with Crippen molar-refractivity contribution in [2.24, 2.45) is 10.9 Å². The zero-order chi connectivity index (χ0) is 19.3. The normalized spacial score (nSPS) is 21.2. The lowest BCUT2D eigenvalue weighted by molar-refractivity contribution is 0.270. The van der Waals surface area contributed by atoms with Gasteiger partial charge in [-0.05, 0) is 54.7 Å². The van der Waals surface area contributed by atoms with Crippen LogP contribution < -0.4 is 9.47 Å². The van der Waals surface area contributed by atoms with Gasteiger partial charge in [-0.25, -0.2) is 15.0 Å². The highest BCUT2D eigenvalue weighted by Gasteiger charge is 2.45. The molecule has 6 nitrogen and oxygen atoms in total. The van der Waals surface area contributed by atoms with Gasteiger partial charge in [0.15, 0.2) is 11.9 Å². The number of hydrogen-bond donors (Lipinski definition) is 0. The Morgan fingerprint density at radius 2 is 1.76 bits per heavy atom. The van der Waals surface area contributed by atoms with Crippen molar-refractivity contribution in [1.82, 2.24) is 9.97 Å². The molecule has 0 saturated heterocycles. The number of aliphatic imine (C=N–C) groups is 1. The van der Waals surface area contributed by atoms with E-state index in [1.165, 1.54) is 25.6 Å². The van der Waals surface area contributed by atoms with Gasteiger partial charge in [0.25, 0.3) is 0 Å². The van der Waals surface area contributed by atoms with E-state index >= 15 is 0 Å². The fraction of sp³-hybridized carbons (Fsp3) is 0.261. The van der Waals surface area contributed by atoms with Gasteiger partial charge in [0.2, 0.25) is 0 Å². The van der Waals surface area contributed by atoms with E-state index < -0.39 is 5.54 Å². The predicted octanol–water partition coefficient (Wildman–Crippen LogP) is 4.34. The summed E-state index contributed by atoms with van der Waals surface area (Å²) in [6, 6.07) is 12.1. The predicted molar refractivity (Wildman–Crippen MR) is 107 cm³/mol. The Morgan fingerprint density at radius 3 is 2.52 bits per heavy atom. The van der Waals surface area contributed by atoms with Crippen LogP contribution in [0, 0.1) is 5.92 Å². The van der Waals surface area contributed by atoms with Crippen molar-refractivity contribution in [3.8, 4) is 28.4 Å². The molecule has 1 spiro atoms. The lowest BCUT2D eigenvalue weighted by Crippen LogP contribution is -2.31. The van der Waals surface area contributed by atoms with Crippen molar-refractivity contribution < 1.29 is 14.2 Å². The summed E-state index contributed by atoms with van der Waals surface area (Å²) >= 11 is 0. The van der Waals surface area contributed by atoms with Gasteiger partial charge in [0.1, 0.15) is 30.2 Å². The number of ether oxygens (including phenoxy) is 3. The molecule has 0 unspecified atom stereocenters. The fourth-order valence-electron chi connectivity index (χ4n) is 3.96. The van der Waals surface area contributed by atoms with Gasteiger partial charge in [-0.2, -0.15) is 0 Å². The second kappa shape index (κ2) is 6.30. The molecule has 3 aliphatic rings.